The fourth-order valence-electron chi connectivity index (χ4n) is 1.16. The van der Waals surface area contributed by atoms with Crippen LogP contribution in [-0.4, -0.2) is 25.6 Å². The molecule has 0 aliphatic heterocycles. The van der Waals surface area contributed by atoms with Crippen molar-refractivity contribution in [1.82, 2.24) is 10.3 Å². The van der Waals surface area contributed by atoms with Crippen molar-refractivity contribution in [3.63, 3.8) is 0 Å². The topological polar surface area (TPSA) is 28.2 Å². The summed E-state index contributed by atoms with van der Waals surface area (Å²) in [6, 6.07) is 0. The van der Waals surface area contributed by atoms with Gasteiger partial charge in [-0.2, -0.15) is 0 Å². The summed E-state index contributed by atoms with van der Waals surface area (Å²) in [5.41, 5.74) is 0. The van der Waals surface area contributed by atoms with Crippen molar-refractivity contribution in [2.45, 2.75) is 19.9 Å². The highest BCUT2D eigenvalue weighted by atomic mass is 32.1. The zero-order valence-corrected chi connectivity index (χ0v) is 9.32. The number of hydrogen-bond donors (Lipinski definition) is 1. The van der Waals surface area contributed by atoms with E-state index in [-0.39, 0.29) is 0 Å². The van der Waals surface area contributed by atoms with Gasteiger partial charge in [0, 0.05) is 31.2 Å². The number of thiazole rings is 1. The van der Waals surface area contributed by atoms with E-state index in [2.05, 4.69) is 29.2 Å². The third-order valence-corrected chi connectivity index (χ3v) is 2.89. The lowest BCUT2D eigenvalue weighted by Gasteiger charge is -2.13. The van der Waals surface area contributed by atoms with Crippen LogP contribution in [0.4, 0.5) is 5.13 Å². The third kappa shape index (κ3) is 2.97. The lowest BCUT2D eigenvalue weighted by Crippen LogP contribution is -2.17. The molecule has 0 unspecified atom stereocenters. The maximum atomic E-state index is 4.36. The second-order valence-corrected chi connectivity index (χ2v) is 4.15. The van der Waals surface area contributed by atoms with Crippen LogP contribution in [0.3, 0.4) is 0 Å². The van der Waals surface area contributed by atoms with E-state index in [9.17, 15) is 0 Å². The number of rotatable bonds is 5. The van der Waals surface area contributed by atoms with Gasteiger partial charge in [-0.1, -0.05) is 6.92 Å². The lowest BCUT2D eigenvalue weighted by molar-refractivity contribution is 0.828. The summed E-state index contributed by atoms with van der Waals surface area (Å²) >= 11 is 1.76. The molecule has 1 aromatic rings. The molecule has 1 heterocycles. The van der Waals surface area contributed by atoms with Crippen LogP contribution in [0.5, 0.6) is 0 Å². The van der Waals surface area contributed by atoms with Crippen molar-refractivity contribution in [2.24, 2.45) is 0 Å². The van der Waals surface area contributed by atoms with Gasteiger partial charge in [-0.05, 0) is 13.5 Å². The Bertz CT molecular complexity index is 247. The van der Waals surface area contributed by atoms with E-state index >= 15 is 0 Å². The molecule has 0 bridgehead atoms. The Morgan fingerprint density at radius 1 is 1.62 bits per heavy atom. The van der Waals surface area contributed by atoms with Gasteiger partial charge in [-0.15, -0.1) is 11.3 Å². The van der Waals surface area contributed by atoms with Gasteiger partial charge in [0.15, 0.2) is 5.13 Å². The average Bonchev–Trinajstić information content (AvgIpc) is 2.54. The molecule has 0 spiro atoms. The molecule has 0 amide bonds. The second kappa shape index (κ2) is 5.19. The van der Waals surface area contributed by atoms with Crippen molar-refractivity contribution in [2.75, 3.05) is 25.5 Å². The van der Waals surface area contributed by atoms with Gasteiger partial charge >= 0.3 is 0 Å². The van der Waals surface area contributed by atoms with Gasteiger partial charge in [0.1, 0.15) is 0 Å². The molecule has 0 saturated heterocycles. The fraction of sp³-hybridized carbons (Fsp3) is 0.667. The van der Waals surface area contributed by atoms with Gasteiger partial charge in [0.25, 0.3) is 0 Å². The Morgan fingerprint density at radius 3 is 3.00 bits per heavy atom. The third-order valence-electron chi connectivity index (χ3n) is 1.78. The molecule has 13 heavy (non-hydrogen) atoms. The monoisotopic (exact) mass is 199 g/mol. The summed E-state index contributed by atoms with van der Waals surface area (Å²) in [7, 11) is 4.04. The molecule has 74 valence electrons. The quantitative estimate of drug-likeness (QED) is 0.782. The Labute approximate surface area is 83.8 Å². The predicted octanol–water partition coefficient (Wildman–Crippen LogP) is 1.71. The van der Waals surface area contributed by atoms with E-state index in [1.54, 1.807) is 11.3 Å². The summed E-state index contributed by atoms with van der Waals surface area (Å²) in [6.45, 7) is 4.17. The average molecular weight is 199 g/mol. The number of nitrogens with one attached hydrogen (secondary N) is 1. The maximum absolute atomic E-state index is 4.36. The Morgan fingerprint density at radius 2 is 2.38 bits per heavy atom. The van der Waals surface area contributed by atoms with Crippen molar-refractivity contribution >= 4 is 16.5 Å². The first-order chi connectivity index (χ1) is 6.27. The molecule has 3 nitrogen and oxygen atoms in total. The van der Waals surface area contributed by atoms with E-state index < -0.39 is 0 Å². The lowest BCUT2D eigenvalue weighted by atomic mass is 10.5. The Kier molecular flexibility index (Phi) is 4.18. The second-order valence-electron chi connectivity index (χ2n) is 3.06. The smallest absolute Gasteiger partial charge is 0.185 e. The van der Waals surface area contributed by atoms with E-state index in [4.69, 9.17) is 0 Å². The minimum atomic E-state index is 0.914. The zero-order chi connectivity index (χ0) is 9.68. The minimum absolute atomic E-state index is 0.914. The SMILES string of the molecule is CCCN(C)c1ncc(CNC)s1. The van der Waals surface area contributed by atoms with Crippen LogP contribution in [0.2, 0.25) is 0 Å². The molecule has 1 aromatic heterocycles. The molecular weight excluding hydrogens is 182 g/mol. The zero-order valence-electron chi connectivity index (χ0n) is 8.50. The van der Waals surface area contributed by atoms with Crippen LogP contribution in [0.15, 0.2) is 6.20 Å². The van der Waals surface area contributed by atoms with Crippen molar-refractivity contribution < 1.29 is 0 Å². The largest absolute Gasteiger partial charge is 0.351 e. The molecule has 0 aliphatic carbocycles. The molecule has 0 radical (unpaired) electrons. The highest BCUT2D eigenvalue weighted by Gasteiger charge is 2.04. The molecule has 4 heteroatoms. The number of aromatic nitrogens is 1. The maximum Gasteiger partial charge on any atom is 0.185 e. The van der Waals surface area contributed by atoms with E-state index in [0.29, 0.717) is 0 Å². The van der Waals surface area contributed by atoms with Gasteiger partial charge in [-0.3, -0.25) is 0 Å². The van der Waals surface area contributed by atoms with Crippen molar-refractivity contribution in [1.29, 1.82) is 0 Å². The molecular formula is C9H17N3S. The van der Waals surface area contributed by atoms with E-state index in [0.717, 1.165) is 24.6 Å². The highest BCUT2D eigenvalue weighted by molar-refractivity contribution is 7.15. The minimum Gasteiger partial charge on any atom is -0.351 e. The first-order valence-corrected chi connectivity index (χ1v) is 5.40. The summed E-state index contributed by atoms with van der Waals surface area (Å²) < 4.78 is 0. The van der Waals surface area contributed by atoms with Gasteiger partial charge in [0.2, 0.25) is 0 Å². The van der Waals surface area contributed by atoms with Crippen molar-refractivity contribution in [3.8, 4) is 0 Å². The summed E-state index contributed by atoms with van der Waals surface area (Å²) in [4.78, 5) is 7.85. The number of anilines is 1. The Balaban J connectivity index is 2.56. The highest BCUT2D eigenvalue weighted by Crippen LogP contribution is 2.21. The summed E-state index contributed by atoms with van der Waals surface area (Å²) in [5, 5.41) is 4.24. The molecule has 0 atom stereocenters. The fourth-order valence-corrected chi connectivity index (χ4v) is 2.07. The van der Waals surface area contributed by atoms with Crippen LogP contribution in [-0.2, 0) is 6.54 Å². The summed E-state index contributed by atoms with van der Waals surface area (Å²) in [6.07, 6.45) is 3.11. The van der Waals surface area contributed by atoms with Crippen LogP contribution < -0.4 is 10.2 Å². The van der Waals surface area contributed by atoms with E-state index in [1.165, 1.54) is 4.88 Å². The van der Waals surface area contributed by atoms with Crippen LogP contribution in [0.1, 0.15) is 18.2 Å². The van der Waals surface area contributed by atoms with E-state index in [1.807, 2.05) is 13.2 Å². The van der Waals surface area contributed by atoms with Gasteiger partial charge < -0.3 is 10.2 Å². The van der Waals surface area contributed by atoms with Gasteiger partial charge in [-0.25, -0.2) is 4.98 Å². The number of hydrogen-bond acceptors (Lipinski definition) is 4. The van der Waals surface area contributed by atoms with Gasteiger partial charge in [0.05, 0.1) is 0 Å². The molecule has 0 aromatic carbocycles. The normalized spacial score (nSPS) is 10.4. The van der Waals surface area contributed by atoms with Crippen LogP contribution in [0.25, 0.3) is 0 Å². The number of nitrogens with zero attached hydrogens (tertiary/aromatic N) is 2. The van der Waals surface area contributed by atoms with Crippen molar-refractivity contribution in [3.05, 3.63) is 11.1 Å². The molecule has 0 fully saturated rings. The summed E-state index contributed by atoms with van der Waals surface area (Å²) in [5.74, 6) is 0. The molecule has 0 saturated carbocycles. The Hall–Kier alpha value is -0.610. The standard InChI is InChI=1S/C9H17N3S/c1-4-5-12(3)9-11-7-8(13-9)6-10-2/h7,10H,4-6H2,1-3H3. The van der Waals surface area contributed by atoms with Crippen LogP contribution in [0, 0.1) is 0 Å². The first kappa shape index (κ1) is 10.5. The first-order valence-electron chi connectivity index (χ1n) is 4.58. The predicted molar refractivity (Wildman–Crippen MR) is 58.4 cm³/mol. The molecule has 0 aliphatic rings. The molecule has 1 N–H and O–H groups in total. The van der Waals surface area contributed by atoms with Crippen LogP contribution >= 0.6 is 11.3 Å². The molecule has 1 rings (SSSR count).